The summed E-state index contributed by atoms with van der Waals surface area (Å²) in [7, 11) is -3.76. The average molecular weight is 354 g/mol. The van der Waals surface area contributed by atoms with Gasteiger partial charge in [0, 0.05) is 12.6 Å². The van der Waals surface area contributed by atoms with Gasteiger partial charge in [-0.25, -0.2) is 17.9 Å². The Balaban J connectivity index is 2.28. The number of benzene rings is 1. The standard InChI is InChI=1S/C17H26N2O4S/c1-12(2)9-10-18-24(22,23)16-11-13(17(20)21)7-8-15(16)19-14-5-3-4-6-14/h7-8,11-12,14,18-19H,3-6,9-10H2,1-2H3,(H,20,21). The summed E-state index contributed by atoms with van der Waals surface area (Å²) in [5.74, 6) is -0.754. The molecular weight excluding hydrogens is 328 g/mol. The molecule has 0 bridgehead atoms. The van der Waals surface area contributed by atoms with Gasteiger partial charge in [0.15, 0.2) is 0 Å². The third kappa shape index (κ3) is 4.95. The number of aromatic carboxylic acids is 1. The molecule has 0 spiro atoms. The maximum absolute atomic E-state index is 12.6. The van der Waals surface area contributed by atoms with Crippen molar-refractivity contribution < 1.29 is 18.3 Å². The van der Waals surface area contributed by atoms with Crippen LogP contribution in [0.1, 0.15) is 56.3 Å². The summed E-state index contributed by atoms with van der Waals surface area (Å²) in [6.45, 7) is 4.37. The predicted octanol–water partition coefficient (Wildman–Crippen LogP) is 3.06. The molecule has 7 heteroatoms. The van der Waals surface area contributed by atoms with E-state index in [0.717, 1.165) is 32.1 Å². The molecule has 1 saturated carbocycles. The maximum Gasteiger partial charge on any atom is 0.335 e. The van der Waals surface area contributed by atoms with Crippen LogP contribution in [0.25, 0.3) is 0 Å². The number of nitrogens with one attached hydrogen (secondary N) is 2. The zero-order chi connectivity index (χ0) is 17.7. The first-order valence-corrected chi connectivity index (χ1v) is 9.91. The average Bonchev–Trinajstić information content (AvgIpc) is 2.99. The van der Waals surface area contributed by atoms with E-state index in [1.807, 2.05) is 13.8 Å². The Morgan fingerprint density at radius 2 is 1.96 bits per heavy atom. The van der Waals surface area contributed by atoms with Crippen molar-refractivity contribution >= 4 is 21.7 Å². The molecular formula is C17H26N2O4S. The van der Waals surface area contributed by atoms with E-state index in [0.29, 0.717) is 18.2 Å². The van der Waals surface area contributed by atoms with E-state index >= 15 is 0 Å². The molecule has 0 atom stereocenters. The lowest BCUT2D eigenvalue weighted by Gasteiger charge is -2.18. The molecule has 1 aromatic rings. The molecule has 0 radical (unpaired) electrons. The fraction of sp³-hybridized carbons (Fsp3) is 0.588. The summed E-state index contributed by atoms with van der Waals surface area (Å²) >= 11 is 0. The molecule has 6 nitrogen and oxygen atoms in total. The number of hydrogen-bond donors (Lipinski definition) is 3. The first-order valence-electron chi connectivity index (χ1n) is 8.43. The van der Waals surface area contributed by atoms with Gasteiger partial charge in [-0.3, -0.25) is 0 Å². The molecule has 3 N–H and O–H groups in total. The van der Waals surface area contributed by atoms with E-state index in [1.54, 1.807) is 6.07 Å². The highest BCUT2D eigenvalue weighted by molar-refractivity contribution is 7.89. The molecule has 0 aliphatic heterocycles. The second-order valence-corrected chi connectivity index (χ2v) is 8.46. The Hall–Kier alpha value is -1.60. The van der Waals surface area contributed by atoms with Crippen molar-refractivity contribution in [3.63, 3.8) is 0 Å². The number of hydrogen-bond acceptors (Lipinski definition) is 4. The van der Waals surface area contributed by atoms with Crippen molar-refractivity contribution in [1.82, 2.24) is 4.72 Å². The summed E-state index contributed by atoms with van der Waals surface area (Å²) in [5.41, 5.74) is 0.445. The number of carboxylic acids is 1. The van der Waals surface area contributed by atoms with Gasteiger partial charge in [-0.1, -0.05) is 26.7 Å². The molecule has 134 valence electrons. The number of carboxylic acid groups (broad SMARTS) is 1. The number of carbonyl (C=O) groups is 1. The molecule has 1 aliphatic rings. The Kier molecular flexibility index (Phi) is 6.23. The van der Waals surface area contributed by atoms with Crippen molar-refractivity contribution in [3.05, 3.63) is 23.8 Å². The smallest absolute Gasteiger partial charge is 0.335 e. The van der Waals surface area contributed by atoms with Crippen molar-refractivity contribution in [2.45, 2.75) is 56.9 Å². The Labute approximate surface area is 143 Å². The lowest BCUT2D eigenvalue weighted by Crippen LogP contribution is -2.27. The minimum absolute atomic E-state index is 0.0121. The highest BCUT2D eigenvalue weighted by Gasteiger charge is 2.23. The topological polar surface area (TPSA) is 95.5 Å². The lowest BCUT2D eigenvalue weighted by atomic mass is 10.1. The molecule has 1 aromatic carbocycles. The zero-order valence-corrected chi connectivity index (χ0v) is 15.0. The summed E-state index contributed by atoms with van der Waals surface area (Å²) in [5, 5.41) is 12.4. The molecule has 0 saturated heterocycles. The summed E-state index contributed by atoms with van der Waals surface area (Å²) < 4.78 is 27.9. The van der Waals surface area contributed by atoms with Crippen LogP contribution in [0.4, 0.5) is 5.69 Å². The van der Waals surface area contributed by atoms with Gasteiger partial charge in [-0.2, -0.15) is 0 Å². The molecule has 0 aromatic heterocycles. The van der Waals surface area contributed by atoms with Gasteiger partial charge in [0.2, 0.25) is 10.0 Å². The highest BCUT2D eigenvalue weighted by atomic mass is 32.2. The molecule has 0 heterocycles. The molecule has 1 aliphatic carbocycles. The van der Waals surface area contributed by atoms with E-state index in [2.05, 4.69) is 10.0 Å². The molecule has 0 amide bonds. The van der Waals surface area contributed by atoms with Gasteiger partial charge < -0.3 is 10.4 Å². The quantitative estimate of drug-likeness (QED) is 0.667. The number of sulfonamides is 1. The third-order valence-electron chi connectivity index (χ3n) is 4.25. The van der Waals surface area contributed by atoms with Crippen LogP contribution in [0.2, 0.25) is 0 Å². The van der Waals surface area contributed by atoms with Gasteiger partial charge >= 0.3 is 5.97 Å². The third-order valence-corrected chi connectivity index (χ3v) is 5.75. The van der Waals surface area contributed by atoms with Gasteiger partial charge in [-0.05, 0) is 43.4 Å². The second kappa shape index (κ2) is 7.98. The van der Waals surface area contributed by atoms with Crippen LogP contribution in [-0.4, -0.2) is 32.1 Å². The van der Waals surface area contributed by atoms with Crippen LogP contribution >= 0.6 is 0 Å². The summed E-state index contributed by atoms with van der Waals surface area (Å²) in [6.07, 6.45) is 4.98. The van der Waals surface area contributed by atoms with Crippen LogP contribution in [0.5, 0.6) is 0 Å². The van der Waals surface area contributed by atoms with Crippen LogP contribution in [0.15, 0.2) is 23.1 Å². The zero-order valence-electron chi connectivity index (χ0n) is 14.2. The van der Waals surface area contributed by atoms with E-state index in [-0.39, 0.29) is 16.5 Å². The molecule has 2 rings (SSSR count). The minimum Gasteiger partial charge on any atom is -0.478 e. The Morgan fingerprint density at radius 1 is 1.29 bits per heavy atom. The molecule has 1 fully saturated rings. The SMILES string of the molecule is CC(C)CCNS(=O)(=O)c1cc(C(=O)O)ccc1NC1CCCC1. The summed E-state index contributed by atoms with van der Waals surface area (Å²) in [6, 6.07) is 4.47. The monoisotopic (exact) mass is 354 g/mol. The Bertz CT molecular complexity index is 680. The van der Waals surface area contributed by atoms with Gasteiger partial charge in [0.05, 0.1) is 11.3 Å². The maximum atomic E-state index is 12.6. The van der Waals surface area contributed by atoms with Crippen molar-refractivity contribution in [3.8, 4) is 0 Å². The van der Waals surface area contributed by atoms with Crippen LogP contribution in [0, 0.1) is 5.92 Å². The molecule has 24 heavy (non-hydrogen) atoms. The highest BCUT2D eigenvalue weighted by Crippen LogP contribution is 2.28. The Morgan fingerprint density at radius 3 is 2.54 bits per heavy atom. The lowest BCUT2D eigenvalue weighted by molar-refractivity contribution is 0.0696. The van der Waals surface area contributed by atoms with Crippen LogP contribution < -0.4 is 10.0 Å². The van der Waals surface area contributed by atoms with Crippen molar-refractivity contribution in [2.24, 2.45) is 5.92 Å². The van der Waals surface area contributed by atoms with Crippen LogP contribution in [0.3, 0.4) is 0 Å². The first-order chi connectivity index (χ1) is 11.3. The fourth-order valence-electron chi connectivity index (χ4n) is 2.85. The van der Waals surface area contributed by atoms with E-state index in [1.165, 1.54) is 12.1 Å². The van der Waals surface area contributed by atoms with E-state index in [4.69, 9.17) is 5.11 Å². The second-order valence-electron chi connectivity index (χ2n) is 6.72. The summed E-state index contributed by atoms with van der Waals surface area (Å²) in [4.78, 5) is 11.2. The van der Waals surface area contributed by atoms with Crippen LogP contribution in [-0.2, 0) is 10.0 Å². The normalized spacial score (nSPS) is 15.8. The van der Waals surface area contributed by atoms with Gasteiger partial charge in [-0.15, -0.1) is 0 Å². The number of rotatable bonds is 8. The largest absolute Gasteiger partial charge is 0.478 e. The predicted molar refractivity (Wildman–Crippen MR) is 93.9 cm³/mol. The number of anilines is 1. The van der Waals surface area contributed by atoms with Crippen molar-refractivity contribution in [2.75, 3.05) is 11.9 Å². The van der Waals surface area contributed by atoms with Gasteiger partial charge in [0.25, 0.3) is 0 Å². The van der Waals surface area contributed by atoms with Gasteiger partial charge in [0.1, 0.15) is 4.90 Å². The van der Waals surface area contributed by atoms with E-state index in [9.17, 15) is 13.2 Å². The van der Waals surface area contributed by atoms with Crippen molar-refractivity contribution in [1.29, 1.82) is 0 Å². The fourth-order valence-corrected chi connectivity index (χ4v) is 4.09. The minimum atomic E-state index is -3.76. The van der Waals surface area contributed by atoms with E-state index < -0.39 is 16.0 Å². The first kappa shape index (κ1) is 18.7. The molecule has 0 unspecified atom stereocenters.